The van der Waals surface area contributed by atoms with Crippen molar-refractivity contribution in [2.24, 2.45) is 0 Å². The van der Waals surface area contributed by atoms with Crippen molar-refractivity contribution in [2.45, 2.75) is 39.3 Å². The first kappa shape index (κ1) is 22.3. The highest BCUT2D eigenvalue weighted by molar-refractivity contribution is 6.03. The Morgan fingerprint density at radius 1 is 0.968 bits per heavy atom. The quantitative estimate of drug-likeness (QED) is 0.629. The summed E-state index contributed by atoms with van der Waals surface area (Å²) in [7, 11) is 0. The number of aromatic nitrogens is 2. The van der Waals surface area contributed by atoms with Gasteiger partial charge in [0.05, 0.1) is 11.3 Å². The Morgan fingerprint density at radius 2 is 1.55 bits per heavy atom. The van der Waals surface area contributed by atoms with Crippen LogP contribution in [0.15, 0.2) is 59.4 Å². The monoisotopic (exact) mass is 429 g/mol. The third kappa shape index (κ3) is 4.68. The summed E-state index contributed by atoms with van der Waals surface area (Å²) in [6, 6.07) is 13.1. The molecule has 1 N–H and O–H groups in total. The number of nitrogens with zero attached hydrogens (tertiary/aromatic N) is 2. The summed E-state index contributed by atoms with van der Waals surface area (Å²) >= 11 is 0. The van der Waals surface area contributed by atoms with E-state index in [1.54, 1.807) is 12.1 Å². The molecule has 0 aliphatic rings. The van der Waals surface area contributed by atoms with Gasteiger partial charge in [-0.1, -0.05) is 51.1 Å². The summed E-state index contributed by atoms with van der Waals surface area (Å²) < 4.78 is 41.4. The maximum Gasteiger partial charge on any atom is 0.418 e. The van der Waals surface area contributed by atoms with Crippen molar-refractivity contribution in [3.8, 4) is 5.69 Å². The summed E-state index contributed by atoms with van der Waals surface area (Å²) in [6.45, 7) is 7.38. The minimum Gasteiger partial charge on any atom is -0.320 e. The highest BCUT2D eigenvalue weighted by Crippen LogP contribution is 2.34. The first-order chi connectivity index (χ1) is 14.4. The van der Waals surface area contributed by atoms with Crippen molar-refractivity contribution in [3.05, 3.63) is 87.3 Å². The standard InChI is InChI=1S/C23H22F3N3O2/c1-14-13-19(30)20(21(31)27-17-11-7-5-9-15(17)22(2,3)4)28-29(14)18-12-8-6-10-16(18)23(24,25)26/h5-13H,1-4H3,(H,27,31). The molecule has 0 fully saturated rings. The predicted octanol–water partition coefficient (Wildman–Crippen LogP) is 5.11. The Bertz CT molecular complexity index is 1190. The molecule has 31 heavy (non-hydrogen) atoms. The van der Waals surface area contributed by atoms with Crippen LogP contribution in [0.4, 0.5) is 18.9 Å². The van der Waals surface area contributed by atoms with Crippen LogP contribution in [0.25, 0.3) is 5.69 Å². The van der Waals surface area contributed by atoms with Crippen molar-refractivity contribution in [1.82, 2.24) is 9.78 Å². The summed E-state index contributed by atoms with van der Waals surface area (Å²) in [5, 5.41) is 6.68. The lowest BCUT2D eigenvalue weighted by Crippen LogP contribution is -2.28. The van der Waals surface area contributed by atoms with Gasteiger partial charge in [0.1, 0.15) is 0 Å². The molecule has 3 rings (SSSR count). The normalized spacial score (nSPS) is 12.0. The molecule has 0 atom stereocenters. The van der Waals surface area contributed by atoms with Gasteiger partial charge in [-0.2, -0.15) is 18.3 Å². The molecular weight excluding hydrogens is 407 g/mol. The average Bonchev–Trinajstić information content (AvgIpc) is 2.67. The molecule has 0 aliphatic carbocycles. The van der Waals surface area contributed by atoms with E-state index in [0.29, 0.717) is 5.69 Å². The maximum absolute atomic E-state index is 13.5. The van der Waals surface area contributed by atoms with Gasteiger partial charge in [-0.05, 0) is 36.1 Å². The molecule has 0 saturated heterocycles. The van der Waals surface area contributed by atoms with Crippen LogP contribution < -0.4 is 10.7 Å². The molecule has 8 heteroatoms. The minimum absolute atomic E-state index is 0.174. The summed E-state index contributed by atoms with van der Waals surface area (Å²) in [6.07, 6.45) is -4.62. The second-order valence-electron chi connectivity index (χ2n) is 8.17. The van der Waals surface area contributed by atoms with Gasteiger partial charge in [0.15, 0.2) is 5.69 Å². The number of aryl methyl sites for hydroxylation is 1. The topological polar surface area (TPSA) is 64.0 Å². The van der Waals surface area contributed by atoms with Crippen molar-refractivity contribution in [3.63, 3.8) is 0 Å². The maximum atomic E-state index is 13.5. The van der Waals surface area contributed by atoms with E-state index in [0.717, 1.165) is 22.4 Å². The van der Waals surface area contributed by atoms with Gasteiger partial charge in [-0.25, -0.2) is 4.68 Å². The second kappa shape index (κ2) is 8.02. The Labute approximate surface area is 177 Å². The van der Waals surface area contributed by atoms with E-state index in [4.69, 9.17) is 0 Å². The molecule has 5 nitrogen and oxygen atoms in total. The van der Waals surface area contributed by atoms with Crippen LogP contribution in [0.2, 0.25) is 0 Å². The molecule has 0 radical (unpaired) electrons. The van der Waals surface area contributed by atoms with Crippen molar-refractivity contribution >= 4 is 11.6 Å². The molecule has 0 saturated carbocycles. The fourth-order valence-corrected chi connectivity index (χ4v) is 3.27. The Hall–Kier alpha value is -3.42. The zero-order valence-electron chi connectivity index (χ0n) is 17.5. The number of benzene rings is 2. The van der Waals surface area contributed by atoms with E-state index < -0.39 is 28.8 Å². The molecule has 0 aliphatic heterocycles. The van der Waals surface area contributed by atoms with Crippen LogP contribution in [0.3, 0.4) is 0 Å². The second-order valence-corrected chi connectivity index (χ2v) is 8.17. The number of carbonyl (C=O) groups excluding carboxylic acids is 1. The van der Waals surface area contributed by atoms with Gasteiger partial charge in [-0.15, -0.1) is 0 Å². The largest absolute Gasteiger partial charge is 0.418 e. The van der Waals surface area contributed by atoms with Crippen LogP contribution >= 0.6 is 0 Å². The SMILES string of the molecule is Cc1cc(=O)c(C(=O)Nc2ccccc2C(C)(C)C)nn1-c1ccccc1C(F)(F)F. The van der Waals surface area contributed by atoms with Gasteiger partial charge in [0, 0.05) is 17.4 Å². The van der Waals surface area contributed by atoms with Crippen molar-refractivity contribution < 1.29 is 18.0 Å². The highest BCUT2D eigenvalue weighted by Gasteiger charge is 2.34. The smallest absolute Gasteiger partial charge is 0.320 e. The van der Waals surface area contributed by atoms with Gasteiger partial charge in [0.2, 0.25) is 5.43 Å². The average molecular weight is 429 g/mol. The van der Waals surface area contributed by atoms with E-state index in [9.17, 15) is 22.8 Å². The van der Waals surface area contributed by atoms with E-state index in [-0.39, 0.29) is 16.8 Å². The first-order valence-electron chi connectivity index (χ1n) is 9.58. The number of hydrogen-bond donors (Lipinski definition) is 1. The number of carbonyl (C=O) groups is 1. The number of alkyl halides is 3. The lowest BCUT2D eigenvalue weighted by molar-refractivity contribution is -0.137. The molecule has 3 aromatic rings. The third-order valence-electron chi connectivity index (χ3n) is 4.74. The Balaban J connectivity index is 2.09. The fraction of sp³-hybridized carbons (Fsp3) is 0.261. The summed E-state index contributed by atoms with van der Waals surface area (Å²) in [5.41, 5.74) is -1.11. The Morgan fingerprint density at radius 3 is 2.16 bits per heavy atom. The van der Waals surface area contributed by atoms with Crippen molar-refractivity contribution in [2.75, 3.05) is 5.32 Å². The van der Waals surface area contributed by atoms with E-state index >= 15 is 0 Å². The zero-order valence-corrected chi connectivity index (χ0v) is 17.5. The van der Waals surface area contributed by atoms with Crippen LogP contribution in [-0.4, -0.2) is 15.7 Å². The minimum atomic E-state index is -4.62. The fourth-order valence-electron chi connectivity index (χ4n) is 3.27. The number of halogens is 3. The van der Waals surface area contributed by atoms with Crippen LogP contribution in [0.5, 0.6) is 0 Å². The van der Waals surface area contributed by atoms with Crippen LogP contribution in [-0.2, 0) is 11.6 Å². The number of hydrogen-bond acceptors (Lipinski definition) is 3. The highest BCUT2D eigenvalue weighted by atomic mass is 19.4. The zero-order chi connectivity index (χ0) is 23.0. The van der Waals surface area contributed by atoms with E-state index in [1.807, 2.05) is 32.9 Å². The van der Waals surface area contributed by atoms with Crippen molar-refractivity contribution in [1.29, 1.82) is 0 Å². The van der Waals surface area contributed by atoms with Gasteiger partial charge < -0.3 is 5.32 Å². The van der Waals surface area contributed by atoms with Crippen LogP contribution in [0.1, 0.15) is 48.1 Å². The molecule has 1 heterocycles. The lowest BCUT2D eigenvalue weighted by atomic mass is 9.86. The number of rotatable bonds is 3. The van der Waals surface area contributed by atoms with E-state index in [1.165, 1.54) is 25.1 Å². The molecule has 1 aromatic heterocycles. The third-order valence-corrected chi connectivity index (χ3v) is 4.74. The number of nitrogens with one attached hydrogen (secondary N) is 1. The summed E-state index contributed by atoms with van der Waals surface area (Å²) in [5.74, 6) is -0.792. The molecule has 0 spiro atoms. The van der Waals surface area contributed by atoms with Gasteiger partial charge >= 0.3 is 6.18 Å². The molecule has 2 aromatic carbocycles. The number of amides is 1. The van der Waals surface area contributed by atoms with Gasteiger partial charge in [0.25, 0.3) is 5.91 Å². The molecular formula is C23H22F3N3O2. The first-order valence-corrected chi connectivity index (χ1v) is 9.58. The lowest BCUT2D eigenvalue weighted by Gasteiger charge is -2.23. The summed E-state index contributed by atoms with van der Waals surface area (Å²) in [4.78, 5) is 25.3. The predicted molar refractivity (Wildman–Crippen MR) is 113 cm³/mol. The van der Waals surface area contributed by atoms with Crippen LogP contribution in [0, 0.1) is 6.92 Å². The molecule has 162 valence electrons. The molecule has 1 amide bonds. The number of anilines is 1. The Kier molecular flexibility index (Phi) is 5.76. The number of para-hydroxylation sites is 2. The van der Waals surface area contributed by atoms with E-state index in [2.05, 4.69) is 10.4 Å². The molecule has 0 unspecified atom stereocenters. The molecule has 0 bridgehead atoms. The van der Waals surface area contributed by atoms with Gasteiger partial charge in [-0.3, -0.25) is 9.59 Å².